The molecule has 0 unspecified atom stereocenters. The van der Waals surface area contributed by atoms with Crippen LogP contribution in [0.5, 0.6) is 11.5 Å². The van der Waals surface area contributed by atoms with Crippen LogP contribution in [0.2, 0.25) is 0 Å². The van der Waals surface area contributed by atoms with Gasteiger partial charge in [0.15, 0.2) is 0 Å². The highest BCUT2D eigenvalue weighted by molar-refractivity contribution is 9.10. The van der Waals surface area contributed by atoms with Crippen molar-refractivity contribution >= 4 is 27.5 Å². The van der Waals surface area contributed by atoms with E-state index in [2.05, 4.69) is 28.2 Å². The first-order valence-electron chi connectivity index (χ1n) is 11.1. The first kappa shape index (κ1) is 22.7. The second-order valence-corrected chi connectivity index (χ2v) is 8.88. The fourth-order valence-corrected chi connectivity index (χ4v) is 4.15. The number of unbranched alkanes of at least 4 members (excludes halogenated alkanes) is 1. The fraction of sp³-hybridized carbons (Fsp3) is 0.480. The number of rotatable bonds is 10. The number of halogens is 1. The van der Waals surface area contributed by atoms with Crippen LogP contribution < -0.4 is 14.8 Å². The molecule has 30 heavy (non-hydrogen) atoms. The van der Waals surface area contributed by atoms with Gasteiger partial charge in [0.2, 0.25) is 0 Å². The van der Waals surface area contributed by atoms with Gasteiger partial charge in [0.05, 0.1) is 18.8 Å². The van der Waals surface area contributed by atoms with Gasteiger partial charge < -0.3 is 14.8 Å². The molecule has 1 aliphatic carbocycles. The summed E-state index contributed by atoms with van der Waals surface area (Å²) in [6.07, 6.45) is 9.93. The molecule has 1 fully saturated rings. The lowest BCUT2D eigenvalue weighted by Gasteiger charge is -2.21. The van der Waals surface area contributed by atoms with Crippen molar-refractivity contribution in [2.75, 3.05) is 18.5 Å². The Labute approximate surface area is 188 Å². The van der Waals surface area contributed by atoms with Crippen molar-refractivity contribution in [3.05, 3.63) is 52.5 Å². The number of carbonyl (C=O) groups excluding carboxylic acids is 1. The van der Waals surface area contributed by atoms with Gasteiger partial charge in [0.1, 0.15) is 11.5 Å². The summed E-state index contributed by atoms with van der Waals surface area (Å²) in [6, 6.07) is 13.1. The van der Waals surface area contributed by atoms with E-state index < -0.39 is 0 Å². The number of anilines is 1. The summed E-state index contributed by atoms with van der Waals surface area (Å²) in [5.41, 5.74) is 1.26. The zero-order valence-corrected chi connectivity index (χ0v) is 19.4. The molecule has 4 nitrogen and oxygen atoms in total. The number of nitrogens with one attached hydrogen (secondary N) is 1. The van der Waals surface area contributed by atoms with E-state index in [1.807, 2.05) is 36.4 Å². The maximum atomic E-state index is 12.8. The van der Waals surface area contributed by atoms with Crippen LogP contribution in [-0.2, 0) is 0 Å². The number of benzene rings is 2. The summed E-state index contributed by atoms with van der Waals surface area (Å²) >= 11 is 3.44. The van der Waals surface area contributed by atoms with E-state index in [0.717, 1.165) is 47.7 Å². The van der Waals surface area contributed by atoms with Gasteiger partial charge >= 0.3 is 0 Å². The maximum absolute atomic E-state index is 12.8. The predicted octanol–water partition coefficient (Wildman–Crippen LogP) is 7.23. The summed E-state index contributed by atoms with van der Waals surface area (Å²) in [5.74, 6) is 2.08. The lowest BCUT2D eigenvalue weighted by Crippen LogP contribution is -2.14. The summed E-state index contributed by atoms with van der Waals surface area (Å²) in [7, 11) is 0. The van der Waals surface area contributed by atoms with Crippen molar-refractivity contribution in [2.24, 2.45) is 5.92 Å². The molecule has 0 aliphatic heterocycles. The lowest BCUT2D eigenvalue weighted by atomic mass is 9.87. The van der Waals surface area contributed by atoms with E-state index in [1.165, 1.54) is 32.1 Å². The Morgan fingerprint density at radius 2 is 1.80 bits per heavy atom. The molecule has 1 aliphatic rings. The van der Waals surface area contributed by atoms with Gasteiger partial charge in [0.25, 0.3) is 5.91 Å². The van der Waals surface area contributed by atoms with Gasteiger partial charge in [-0.3, -0.25) is 4.79 Å². The van der Waals surface area contributed by atoms with E-state index in [4.69, 9.17) is 9.47 Å². The molecular formula is C25H32BrNO3. The molecule has 0 bridgehead atoms. The third-order valence-corrected chi connectivity index (χ3v) is 6.07. The second kappa shape index (κ2) is 12.0. The van der Waals surface area contributed by atoms with Crippen LogP contribution in [-0.4, -0.2) is 19.1 Å². The fourth-order valence-electron chi connectivity index (χ4n) is 3.78. The smallest absolute Gasteiger partial charge is 0.259 e. The topological polar surface area (TPSA) is 47.6 Å². The van der Waals surface area contributed by atoms with E-state index in [9.17, 15) is 4.79 Å². The van der Waals surface area contributed by atoms with Crippen LogP contribution in [0, 0.1) is 5.92 Å². The number of carbonyl (C=O) groups is 1. The molecule has 0 heterocycles. The third kappa shape index (κ3) is 7.05. The normalized spacial score (nSPS) is 14.3. The van der Waals surface area contributed by atoms with Crippen LogP contribution in [0.4, 0.5) is 5.69 Å². The molecular weight excluding hydrogens is 442 g/mol. The minimum Gasteiger partial charge on any atom is -0.494 e. The molecule has 2 aromatic rings. The van der Waals surface area contributed by atoms with Crippen LogP contribution in [0.3, 0.4) is 0 Å². The molecule has 1 amide bonds. The Kier molecular flexibility index (Phi) is 9.06. The van der Waals surface area contributed by atoms with Crippen molar-refractivity contribution < 1.29 is 14.3 Å². The Hall–Kier alpha value is -2.01. The van der Waals surface area contributed by atoms with Crippen LogP contribution in [0.1, 0.15) is 68.6 Å². The van der Waals surface area contributed by atoms with Gasteiger partial charge in [-0.1, -0.05) is 61.4 Å². The van der Waals surface area contributed by atoms with Gasteiger partial charge in [-0.15, -0.1) is 0 Å². The number of amides is 1. The van der Waals surface area contributed by atoms with E-state index in [-0.39, 0.29) is 5.91 Å². The summed E-state index contributed by atoms with van der Waals surface area (Å²) in [6.45, 7) is 3.47. The summed E-state index contributed by atoms with van der Waals surface area (Å²) < 4.78 is 12.6. The molecule has 0 aromatic heterocycles. The van der Waals surface area contributed by atoms with Gasteiger partial charge in [0, 0.05) is 10.2 Å². The molecule has 0 radical (unpaired) electrons. The first-order valence-corrected chi connectivity index (χ1v) is 11.9. The largest absolute Gasteiger partial charge is 0.494 e. The second-order valence-electron chi connectivity index (χ2n) is 7.96. The van der Waals surface area contributed by atoms with Crippen LogP contribution >= 0.6 is 15.9 Å². The third-order valence-electron chi connectivity index (χ3n) is 5.57. The quantitative estimate of drug-likeness (QED) is 0.370. The zero-order valence-electron chi connectivity index (χ0n) is 17.8. The molecule has 5 heteroatoms. The lowest BCUT2D eigenvalue weighted by molar-refractivity contribution is 0.102. The highest BCUT2D eigenvalue weighted by Gasteiger charge is 2.15. The highest BCUT2D eigenvalue weighted by Crippen LogP contribution is 2.27. The molecule has 0 saturated heterocycles. The maximum Gasteiger partial charge on any atom is 0.259 e. The number of ether oxygens (including phenoxy) is 2. The van der Waals surface area contributed by atoms with Crippen molar-refractivity contribution in [3.8, 4) is 11.5 Å². The summed E-state index contributed by atoms with van der Waals surface area (Å²) in [4.78, 5) is 12.8. The molecule has 3 rings (SSSR count). The Bertz CT molecular complexity index is 801. The average Bonchev–Trinajstić information content (AvgIpc) is 2.77. The average molecular weight is 474 g/mol. The molecule has 1 N–H and O–H groups in total. The zero-order chi connectivity index (χ0) is 21.2. The van der Waals surface area contributed by atoms with Crippen molar-refractivity contribution in [2.45, 2.75) is 58.3 Å². The van der Waals surface area contributed by atoms with Crippen molar-refractivity contribution in [3.63, 3.8) is 0 Å². The SMILES string of the molecule is CCCCOc1ccc(Br)cc1C(=O)Nc1ccc(OCCC2CCCCC2)cc1. The molecule has 162 valence electrons. The standard InChI is InChI=1S/C25H32BrNO3/c1-2-3-16-30-24-14-9-20(26)18-23(24)25(28)27-21-10-12-22(13-11-21)29-17-15-19-7-5-4-6-8-19/h9-14,18-19H,2-8,15-17H2,1H3,(H,27,28). The summed E-state index contributed by atoms with van der Waals surface area (Å²) in [5, 5.41) is 2.96. The Balaban J connectivity index is 1.53. The monoisotopic (exact) mass is 473 g/mol. The highest BCUT2D eigenvalue weighted by atomic mass is 79.9. The van der Waals surface area contributed by atoms with E-state index >= 15 is 0 Å². The van der Waals surface area contributed by atoms with Gasteiger partial charge in [-0.25, -0.2) is 0 Å². The molecule has 2 aromatic carbocycles. The van der Waals surface area contributed by atoms with Crippen molar-refractivity contribution in [1.29, 1.82) is 0 Å². The first-order chi connectivity index (χ1) is 14.7. The minimum absolute atomic E-state index is 0.186. The Morgan fingerprint density at radius 1 is 1.03 bits per heavy atom. The molecule has 1 saturated carbocycles. The van der Waals surface area contributed by atoms with Crippen LogP contribution in [0.15, 0.2) is 46.9 Å². The van der Waals surface area contributed by atoms with E-state index in [0.29, 0.717) is 17.9 Å². The van der Waals surface area contributed by atoms with E-state index in [1.54, 1.807) is 6.07 Å². The Morgan fingerprint density at radius 3 is 2.53 bits per heavy atom. The van der Waals surface area contributed by atoms with Gasteiger partial charge in [-0.05, 0) is 61.2 Å². The minimum atomic E-state index is -0.186. The molecule has 0 atom stereocenters. The number of hydrogen-bond donors (Lipinski definition) is 1. The van der Waals surface area contributed by atoms with Crippen LogP contribution in [0.25, 0.3) is 0 Å². The number of hydrogen-bond acceptors (Lipinski definition) is 3. The van der Waals surface area contributed by atoms with Crippen molar-refractivity contribution in [1.82, 2.24) is 0 Å². The molecule has 0 spiro atoms. The predicted molar refractivity (Wildman–Crippen MR) is 126 cm³/mol. The van der Waals surface area contributed by atoms with Gasteiger partial charge in [-0.2, -0.15) is 0 Å².